The van der Waals surface area contributed by atoms with E-state index in [1.807, 2.05) is 58.9 Å². The molecule has 0 bridgehead atoms. The quantitative estimate of drug-likeness (QED) is 0.330. The van der Waals surface area contributed by atoms with Crippen molar-refractivity contribution in [3.8, 4) is 0 Å². The summed E-state index contributed by atoms with van der Waals surface area (Å²) in [5, 5.41) is 2.70. The molecular formula is C31H43N3O6. The molecule has 1 aromatic carbocycles. The predicted octanol–water partition coefficient (Wildman–Crippen LogP) is 4.78. The smallest absolute Gasteiger partial charge is 0.410 e. The van der Waals surface area contributed by atoms with Gasteiger partial charge in [-0.2, -0.15) is 0 Å². The highest BCUT2D eigenvalue weighted by molar-refractivity contribution is 5.89. The van der Waals surface area contributed by atoms with Gasteiger partial charge in [-0.05, 0) is 34.9 Å². The SMILES string of the molecule is C=CCc1cccc2c1CN(C(=O)O[C@@H]1C[C@@H](C=O)N(C(=O)[C@@H](NC(=O)OCC(C)(C)CC=C)C(C)(C)C)C1)C2. The Morgan fingerprint density at radius 3 is 2.48 bits per heavy atom. The van der Waals surface area contributed by atoms with Crippen molar-refractivity contribution < 1.29 is 28.7 Å². The maximum absolute atomic E-state index is 13.7. The molecule has 40 heavy (non-hydrogen) atoms. The lowest BCUT2D eigenvalue weighted by Gasteiger charge is -2.34. The Morgan fingerprint density at radius 1 is 1.12 bits per heavy atom. The van der Waals surface area contributed by atoms with Crippen molar-refractivity contribution in [3.05, 3.63) is 60.2 Å². The number of carbonyl (C=O) groups excluding carboxylic acids is 4. The Hall–Kier alpha value is -3.62. The number of hydrogen-bond donors (Lipinski definition) is 1. The fraction of sp³-hybridized carbons (Fsp3) is 0.548. The summed E-state index contributed by atoms with van der Waals surface area (Å²) in [6.45, 7) is 18.0. The van der Waals surface area contributed by atoms with Gasteiger partial charge in [0.05, 0.1) is 19.2 Å². The van der Waals surface area contributed by atoms with Crippen LogP contribution in [-0.4, -0.2) is 65.5 Å². The number of rotatable bonds is 10. The molecule has 3 rings (SSSR count). The van der Waals surface area contributed by atoms with Gasteiger partial charge in [-0.15, -0.1) is 13.2 Å². The molecule has 0 aromatic heterocycles. The Kier molecular flexibility index (Phi) is 9.82. The minimum Gasteiger partial charge on any atom is -0.449 e. The van der Waals surface area contributed by atoms with E-state index < -0.39 is 41.7 Å². The zero-order valence-electron chi connectivity index (χ0n) is 24.4. The van der Waals surface area contributed by atoms with Crippen molar-refractivity contribution in [2.75, 3.05) is 13.2 Å². The van der Waals surface area contributed by atoms with E-state index >= 15 is 0 Å². The maximum atomic E-state index is 13.7. The lowest BCUT2D eigenvalue weighted by Crippen LogP contribution is -2.56. The minimum atomic E-state index is -0.948. The molecule has 1 aromatic rings. The molecule has 218 valence electrons. The number of nitrogens with zero attached hydrogens (tertiary/aromatic N) is 2. The normalized spacial score (nSPS) is 19.4. The lowest BCUT2D eigenvalue weighted by molar-refractivity contribution is -0.139. The summed E-state index contributed by atoms with van der Waals surface area (Å²) in [5.74, 6) is -0.423. The third-order valence-corrected chi connectivity index (χ3v) is 7.38. The van der Waals surface area contributed by atoms with E-state index in [9.17, 15) is 19.2 Å². The molecule has 2 aliphatic rings. The summed E-state index contributed by atoms with van der Waals surface area (Å²) >= 11 is 0. The number of hydrogen-bond acceptors (Lipinski definition) is 6. The Balaban J connectivity index is 1.64. The highest BCUT2D eigenvalue weighted by Gasteiger charge is 2.44. The third kappa shape index (κ3) is 7.52. The van der Waals surface area contributed by atoms with E-state index in [1.165, 1.54) is 4.90 Å². The second kappa shape index (κ2) is 12.7. The zero-order valence-corrected chi connectivity index (χ0v) is 24.4. The molecule has 0 radical (unpaired) electrons. The molecule has 9 nitrogen and oxygen atoms in total. The van der Waals surface area contributed by atoms with Crippen LogP contribution in [0.25, 0.3) is 0 Å². The van der Waals surface area contributed by atoms with Crippen molar-refractivity contribution in [1.82, 2.24) is 15.1 Å². The van der Waals surface area contributed by atoms with Gasteiger partial charge >= 0.3 is 12.2 Å². The fourth-order valence-electron chi connectivity index (χ4n) is 5.16. The van der Waals surface area contributed by atoms with Gasteiger partial charge in [0.2, 0.25) is 5.91 Å². The molecule has 1 N–H and O–H groups in total. The molecule has 0 aliphatic carbocycles. The average molecular weight is 554 g/mol. The van der Waals surface area contributed by atoms with Gasteiger partial charge in [0, 0.05) is 24.9 Å². The number of benzene rings is 1. The van der Waals surface area contributed by atoms with Crippen molar-refractivity contribution in [3.63, 3.8) is 0 Å². The molecule has 3 amide bonds. The van der Waals surface area contributed by atoms with Crippen molar-refractivity contribution in [1.29, 1.82) is 0 Å². The molecular weight excluding hydrogens is 510 g/mol. The molecule has 0 unspecified atom stereocenters. The number of nitrogens with one attached hydrogen (secondary N) is 1. The summed E-state index contributed by atoms with van der Waals surface area (Å²) < 4.78 is 11.2. The van der Waals surface area contributed by atoms with Crippen LogP contribution in [0.3, 0.4) is 0 Å². The Labute approximate surface area is 237 Å². The Bertz CT molecular complexity index is 1140. The summed E-state index contributed by atoms with van der Waals surface area (Å²) in [7, 11) is 0. The maximum Gasteiger partial charge on any atom is 0.410 e. The minimum absolute atomic E-state index is 0.0617. The molecule has 0 spiro atoms. The van der Waals surface area contributed by atoms with Gasteiger partial charge in [0.1, 0.15) is 18.4 Å². The van der Waals surface area contributed by atoms with Gasteiger partial charge in [-0.1, -0.05) is 65.0 Å². The van der Waals surface area contributed by atoms with Gasteiger partial charge in [0.15, 0.2) is 0 Å². The largest absolute Gasteiger partial charge is 0.449 e. The number of allylic oxidation sites excluding steroid dienone is 2. The summed E-state index contributed by atoms with van der Waals surface area (Å²) in [6.07, 6.45) is 4.03. The molecule has 1 fully saturated rings. The second-order valence-electron chi connectivity index (χ2n) is 12.5. The van der Waals surface area contributed by atoms with Crippen molar-refractivity contribution in [2.45, 2.75) is 85.2 Å². The second-order valence-corrected chi connectivity index (χ2v) is 12.5. The first kappa shape index (κ1) is 30.9. The van der Waals surface area contributed by atoms with Crippen LogP contribution < -0.4 is 5.32 Å². The van der Waals surface area contributed by atoms with Gasteiger partial charge in [-0.25, -0.2) is 9.59 Å². The summed E-state index contributed by atoms with van der Waals surface area (Å²) in [5.41, 5.74) is 2.35. The molecule has 0 saturated carbocycles. The molecule has 3 atom stereocenters. The summed E-state index contributed by atoms with van der Waals surface area (Å²) in [6, 6.07) is 4.28. The van der Waals surface area contributed by atoms with E-state index in [2.05, 4.69) is 18.5 Å². The molecule has 1 saturated heterocycles. The van der Waals surface area contributed by atoms with Crippen molar-refractivity contribution in [2.24, 2.45) is 10.8 Å². The van der Waals surface area contributed by atoms with Crippen LogP contribution in [0, 0.1) is 10.8 Å². The van der Waals surface area contributed by atoms with Crippen LogP contribution in [0.2, 0.25) is 0 Å². The van der Waals surface area contributed by atoms with E-state index in [4.69, 9.17) is 9.47 Å². The number of alkyl carbamates (subject to hydrolysis) is 1. The van der Waals surface area contributed by atoms with E-state index in [-0.39, 0.29) is 25.0 Å². The molecule has 2 heterocycles. The lowest BCUT2D eigenvalue weighted by atomic mass is 9.85. The monoisotopic (exact) mass is 553 g/mol. The highest BCUT2D eigenvalue weighted by Crippen LogP contribution is 2.30. The van der Waals surface area contributed by atoms with Crippen LogP contribution in [0.1, 0.15) is 64.2 Å². The van der Waals surface area contributed by atoms with Gasteiger partial charge < -0.3 is 24.5 Å². The zero-order chi connectivity index (χ0) is 29.7. The van der Waals surface area contributed by atoms with Crippen molar-refractivity contribution >= 4 is 24.4 Å². The third-order valence-electron chi connectivity index (χ3n) is 7.38. The predicted molar refractivity (Wildman–Crippen MR) is 152 cm³/mol. The molecule has 9 heteroatoms. The van der Waals surface area contributed by atoms with Crippen LogP contribution in [0.5, 0.6) is 0 Å². The number of aldehydes is 1. The number of ether oxygens (including phenoxy) is 2. The fourth-order valence-corrected chi connectivity index (χ4v) is 5.16. The average Bonchev–Trinajstić information content (AvgIpc) is 3.50. The first-order valence-electron chi connectivity index (χ1n) is 13.8. The number of likely N-dealkylation sites (tertiary alicyclic amines) is 1. The topological polar surface area (TPSA) is 105 Å². The number of carbonyl (C=O) groups is 4. The Morgan fingerprint density at radius 2 is 1.85 bits per heavy atom. The van der Waals surface area contributed by atoms with Gasteiger partial charge in [-0.3, -0.25) is 9.69 Å². The van der Waals surface area contributed by atoms with E-state index in [0.717, 1.165) is 23.1 Å². The van der Waals surface area contributed by atoms with E-state index in [0.29, 0.717) is 25.8 Å². The first-order chi connectivity index (χ1) is 18.8. The number of fused-ring (bicyclic) bond motifs is 1. The van der Waals surface area contributed by atoms with Crippen LogP contribution in [-0.2, 0) is 38.6 Å². The first-order valence-corrected chi connectivity index (χ1v) is 13.8. The molecule has 2 aliphatic heterocycles. The standard InChI is InChI=1S/C31H43N3O6/c1-8-11-21-12-10-13-22-16-33(18-25(21)22)29(38)40-24-15-23(19-35)34(17-24)27(36)26(30(3,4)5)32-28(37)39-20-31(6,7)14-9-2/h8-10,12-13,19,23-24,26H,1-2,11,14-18,20H2,3-7H3,(H,32,37)/t23-,24+,26+/m0/s1. The van der Waals surface area contributed by atoms with Crippen LogP contribution in [0.4, 0.5) is 9.59 Å². The number of amides is 3. The van der Waals surface area contributed by atoms with Crippen LogP contribution in [0.15, 0.2) is 43.5 Å². The van der Waals surface area contributed by atoms with Crippen LogP contribution >= 0.6 is 0 Å². The van der Waals surface area contributed by atoms with E-state index in [1.54, 1.807) is 11.0 Å². The summed E-state index contributed by atoms with van der Waals surface area (Å²) in [4.78, 5) is 54.3. The highest BCUT2D eigenvalue weighted by atomic mass is 16.6. The van der Waals surface area contributed by atoms with Gasteiger partial charge in [0.25, 0.3) is 0 Å².